The Kier molecular flexibility index (Phi) is 3.47. The van der Waals surface area contributed by atoms with Gasteiger partial charge in [-0.25, -0.2) is 0 Å². The molecule has 16 heavy (non-hydrogen) atoms. The van der Waals surface area contributed by atoms with E-state index in [9.17, 15) is 4.79 Å². The van der Waals surface area contributed by atoms with Crippen LogP contribution in [0.5, 0.6) is 0 Å². The summed E-state index contributed by atoms with van der Waals surface area (Å²) >= 11 is 1.52. The number of carbonyl (C=O) groups is 1. The molecule has 0 aromatic heterocycles. The molecule has 1 amide bonds. The SMILES string of the molecule is CSCC(=O)Nc1ccc2ccccc2c1. The number of benzene rings is 2. The normalized spacial score (nSPS) is 10.3. The van der Waals surface area contributed by atoms with Crippen LogP contribution >= 0.6 is 11.8 Å². The number of thioether (sulfide) groups is 1. The van der Waals surface area contributed by atoms with Crippen LogP contribution in [0.2, 0.25) is 0 Å². The molecule has 0 radical (unpaired) electrons. The van der Waals surface area contributed by atoms with Gasteiger partial charge in [-0.2, -0.15) is 11.8 Å². The molecule has 0 saturated heterocycles. The number of amides is 1. The van der Waals surface area contributed by atoms with E-state index in [-0.39, 0.29) is 5.91 Å². The molecule has 2 aromatic rings. The van der Waals surface area contributed by atoms with Crippen LogP contribution in [-0.2, 0) is 4.79 Å². The fourth-order valence-electron chi connectivity index (χ4n) is 1.60. The molecule has 0 bridgehead atoms. The van der Waals surface area contributed by atoms with Crippen LogP contribution in [0.25, 0.3) is 10.8 Å². The second-order valence-electron chi connectivity index (χ2n) is 3.54. The molecular formula is C13H13NOS. The van der Waals surface area contributed by atoms with Crippen LogP contribution in [0.4, 0.5) is 5.69 Å². The highest BCUT2D eigenvalue weighted by Gasteiger charge is 2.01. The molecule has 0 fully saturated rings. The van der Waals surface area contributed by atoms with E-state index in [1.807, 2.05) is 42.7 Å². The number of rotatable bonds is 3. The highest BCUT2D eigenvalue weighted by Crippen LogP contribution is 2.18. The second-order valence-corrected chi connectivity index (χ2v) is 4.41. The second kappa shape index (κ2) is 5.03. The fraction of sp³-hybridized carbons (Fsp3) is 0.154. The first-order chi connectivity index (χ1) is 7.79. The third-order valence-corrected chi connectivity index (χ3v) is 2.86. The number of hydrogen-bond donors (Lipinski definition) is 1. The number of hydrogen-bond acceptors (Lipinski definition) is 2. The van der Waals surface area contributed by atoms with Crippen molar-refractivity contribution in [3.05, 3.63) is 42.5 Å². The minimum Gasteiger partial charge on any atom is -0.325 e. The molecular weight excluding hydrogens is 218 g/mol. The molecule has 0 atom stereocenters. The summed E-state index contributed by atoms with van der Waals surface area (Å²) in [4.78, 5) is 11.4. The molecule has 0 heterocycles. The van der Waals surface area contributed by atoms with Gasteiger partial charge in [0.1, 0.15) is 0 Å². The zero-order valence-electron chi connectivity index (χ0n) is 9.07. The van der Waals surface area contributed by atoms with Crippen LogP contribution in [0, 0.1) is 0 Å². The standard InChI is InChI=1S/C13H13NOS/c1-16-9-13(15)14-12-7-6-10-4-2-3-5-11(10)8-12/h2-8H,9H2,1H3,(H,14,15). The van der Waals surface area contributed by atoms with Gasteiger partial charge >= 0.3 is 0 Å². The topological polar surface area (TPSA) is 29.1 Å². The first-order valence-electron chi connectivity index (χ1n) is 5.07. The van der Waals surface area contributed by atoms with Gasteiger partial charge in [-0.15, -0.1) is 0 Å². The van der Waals surface area contributed by atoms with Crippen LogP contribution in [0.3, 0.4) is 0 Å². The molecule has 3 heteroatoms. The Morgan fingerprint density at radius 3 is 2.69 bits per heavy atom. The first-order valence-corrected chi connectivity index (χ1v) is 6.46. The monoisotopic (exact) mass is 231 g/mol. The predicted molar refractivity (Wildman–Crippen MR) is 71.0 cm³/mol. The van der Waals surface area contributed by atoms with Gasteiger partial charge in [0, 0.05) is 5.69 Å². The maximum absolute atomic E-state index is 11.4. The lowest BCUT2D eigenvalue weighted by atomic mass is 10.1. The number of fused-ring (bicyclic) bond motifs is 1. The third kappa shape index (κ3) is 2.55. The summed E-state index contributed by atoms with van der Waals surface area (Å²) in [6.07, 6.45) is 1.92. The summed E-state index contributed by atoms with van der Waals surface area (Å²) in [5, 5.41) is 5.20. The maximum Gasteiger partial charge on any atom is 0.234 e. The molecule has 82 valence electrons. The minimum absolute atomic E-state index is 0.0442. The molecule has 2 rings (SSSR count). The van der Waals surface area contributed by atoms with Gasteiger partial charge in [0.15, 0.2) is 0 Å². The average molecular weight is 231 g/mol. The van der Waals surface area contributed by atoms with Gasteiger partial charge in [0.25, 0.3) is 0 Å². The molecule has 1 N–H and O–H groups in total. The Balaban J connectivity index is 2.22. The minimum atomic E-state index is 0.0442. The average Bonchev–Trinajstić information content (AvgIpc) is 2.29. The van der Waals surface area contributed by atoms with E-state index >= 15 is 0 Å². The van der Waals surface area contributed by atoms with Crippen LogP contribution < -0.4 is 5.32 Å². The van der Waals surface area contributed by atoms with Crippen molar-refractivity contribution >= 4 is 34.1 Å². The summed E-state index contributed by atoms with van der Waals surface area (Å²) in [6.45, 7) is 0. The lowest BCUT2D eigenvalue weighted by molar-refractivity contribution is -0.113. The summed E-state index contributed by atoms with van der Waals surface area (Å²) < 4.78 is 0. The highest BCUT2D eigenvalue weighted by atomic mass is 32.2. The summed E-state index contributed by atoms with van der Waals surface area (Å²) in [7, 11) is 0. The number of carbonyl (C=O) groups excluding carboxylic acids is 1. The van der Waals surface area contributed by atoms with Gasteiger partial charge < -0.3 is 5.32 Å². The molecule has 0 saturated carbocycles. The van der Waals surface area contributed by atoms with Crippen molar-refractivity contribution in [1.82, 2.24) is 0 Å². The quantitative estimate of drug-likeness (QED) is 0.879. The Morgan fingerprint density at radius 2 is 1.94 bits per heavy atom. The Bertz CT molecular complexity index is 510. The van der Waals surface area contributed by atoms with Crippen molar-refractivity contribution in [2.75, 3.05) is 17.3 Å². The van der Waals surface area contributed by atoms with Crippen molar-refractivity contribution < 1.29 is 4.79 Å². The summed E-state index contributed by atoms with van der Waals surface area (Å²) in [6, 6.07) is 14.0. The van der Waals surface area contributed by atoms with E-state index in [0.717, 1.165) is 11.1 Å². The number of anilines is 1. The predicted octanol–water partition coefficient (Wildman–Crippen LogP) is 3.14. The lowest BCUT2D eigenvalue weighted by Gasteiger charge is -2.05. The Hall–Kier alpha value is -1.48. The Morgan fingerprint density at radius 1 is 1.19 bits per heavy atom. The lowest BCUT2D eigenvalue weighted by Crippen LogP contribution is -2.13. The third-order valence-electron chi connectivity index (χ3n) is 2.31. The van der Waals surface area contributed by atoms with Crippen LogP contribution in [-0.4, -0.2) is 17.9 Å². The highest BCUT2D eigenvalue weighted by molar-refractivity contribution is 7.99. The van der Waals surface area contributed by atoms with Gasteiger partial charge in [-0.05, 0) is 29.2 Å². The van der Waals surface area contributed by atoms with E-state index in [4.69, 9.17) is 0 Å². The van der Waals surface area contributed by atoms with Crippen molar-refractivity contribution in [3.8, 4) is 0 Å². The van der Waals surface area contributed by atoms with Gasteiger partial charge in [-0.1, -0.05) is 30.3 Å². The molecule has 2 aromatic carbocycles. The van der Waals surface area contributed by atoms with E-state index < -0.39 is 0 Å². The fourth-order valence-corrected chi connectivity index (χ4v) is 1.93. The van der Waals surface area contributed by atoms with Crippen molar-refractivity contribution in [1.29, 1.82) is 0 Å². The first kappa shape index (κ1) is 11.0. The van der Waals surface area contributed by atoms with E-state index in [1.54, 1.807) is 0 Å². The summed E-state index contributed by atoms with van der Waals surface area (Å²) in [5.74, 6) is 0.537. The smallest absolute Gasteiger partial charge is 0.234 e. The van der Waals surface area contributed by atoms with Gasteiger partial charge in [0.05, 0.1) is 5.75 Å². The van der Waals surface area contributed by atoms with Crippen LogP contribution in [0.15, 0.2) is 42.5 Å². The van der Waals surface area contributed by atoms with Gasteiger partial charge in [-0.3, -0.25) is 4.79 Å². The molecule has 0 aliphatic rings. The van der Waals surface area contributed by atoms with Gasteiger partial charge in [0.2, 0.25) is 5.91 Å². The summed E-state index contributed by atoms with van der Waals surface area (Å²) in [5.41, 5.74) is 0.859. The van der Waals surface area contributed by atoms with Crippen molar-refractivity contribution in [2.45, 2.75) is 0 Å². The van der Waals surface area contributed by atoms with Crippen molar-refractivity contribution in [3.63, 3.8) is 0 Å². The van der Waals surface area contributed by atoms with E-state index in [1.165, 1.54) is 17.1 Å². The van der Waals surface area contributed by atoms with E-state index in [2.05, 4.69) is 11.4 Å². The zero-order chi connectivity index (χ0) is 11.4. The molecule has 2 nitrogen and oxygen atoms in total. The largest absolute Gasteiger partial charge is 0.325 e. The Labute approximate surface area is 99.0 Å². The van der Waals surface area contributed by atoms with E-state index in [0.29, 0.717) is 5.75 Å². The molecule has 0 spiro atoms. The van der Waals surface area contributed by atoms with Crippen LogP contribution in [0.1, 0.15) is 0 Å². The molecule has 0 aliphatic carbocycles. The zero-order valence-corrected chi connectivity index (χ0v) is 9.88. The number of nitrogens with one attached hydrogen (secondary N) is 1. The molecule has 0 unspecified atom stereocenters. The van der Waals surface area contributed by atoms with Crippen molar-refractivity contribution in [2.24, 2.45) is 0 Å². The maximum atomic E-state index is 11.4. The molecule has 0 aliphatic heterocycles.